The number of carbonyl (C=O) groups excluding carboxylic acids is 1. The van der Waals surface area contributed by atoms with Gasteiger partial charge >= 0.3 is 0 Å². The molecule has 27 heavy (non-hydrogen) atoms. The Morgan fingerprint density at radius 3 is 2.67 bits per heavy atom. The summed E-state index contributed by atoms with van der Waals surface area (Å²) in [7, 11) is 0. The number of hydrogen-bond donors (Lipinski definition) is 1. The number of Topliss-reactive ketones (excluding diaryl/α,β-unsaturated/α-hetero) is 1. The van der Waals surface area contributed by atoms with E-state index >= 15 is 0 Å². The highest BCUT2D eigenvalue weighted by molar-refractivity contribution is 9.10. The van der Waals surface area contributed by atoms with E-state index in [1.54, 1.807) is 13.1 Å². The number of carbonyl (C=O) groups is 1. The van der Waals surface area contributed by atoms with E-state index in [1.807, 2.05) is 12.1 Å². The van der Waals surface area contributed by atoms with E-state index in [2.05, 4.69) is 37.2 Å². The summed E-state index contributed by atoms with van der Waals surface area (Å²) in [4.78, 5) is 19.3. The Hall–Kier alpha value is -1.46. The largest absolute Gasteiger partial charge is 0.381 e. The summed E-state index contributed by atoms with van der Waals surface area (Å²) in [6.45, 7) is 5.48. The lowest BCUT2D eigenvalue weighted by Gasteiger charge is -2.32. The summed E-state index contributed by atoms with van der Waals surface area (Å²) < 4.78 is 1.01. The fraction of sp³-hybridized carbons (Fsp3) is 0.545. The molecule has 0 radical (unpaired) electrons. The topological polar surface area (TPSA) is 45.2 Å². The maximum Gasteiger partial charge on any atom is 0.163 e. The molecule has 1 saturated heterocycles. The van der Waals surface area contributed by atoms with Gasteiger partial charge in [0.05, 0.1) is 16.8 Å². The molecule has 1 N–H and O–H groups in total. The van der Waals surface area contributed by atoms with Crippen LogP contribution >= 0.6 is 15.9 Å². The van der Waals surface area contributed by atoms with Crippen molar-refractivity contribution in [1.82, 2.24) is 9.88 Å². The highest BCUT2D eigenvalue weighted by Crippen LogP contribution is 2.33. The van der Waals surface area contributed by atoms with Gasteiger partial charge in [0.1, 0.15) is 0 Å². The lowest BCUT2D eigenvalue weighted by molar-refractivity contribution is 0.101. The van der Waals surface area contributed by atoms with Gasteiger partial charge in [0, 0.05) is 28.6 Å². The van der Waals surface area contributed by atoms with Gasteiger partial charge in [-0.3, -0.25) is 9.78 Å². The summed E-state index contributed by atoms with van der Waals surface area (Å²) >= 11 is 3.56. The van der Waals surface area contributed by atoms with Gasteiger partial charge in [0.25, 0.3) is 0 Å². The van der Waals surface area contributed by atoms with Crippen molar-refractivity contribution in [3.05, 3.63) is 34.4 Å². The molecule has 2 aliphatic rings. The molecule has 1 aliphatic carbocycles. The molecule has 2 heterocycles. The van der Waals surface area contributed by atoms with Crippen molar-refractivity contribution >= 4 is 38.3 Å². The molecule has 4 nitrogen and oxygen atoms in total. The quantitative estimate of drug-likeness (QED) is 0.657. The van der Waals surface area contributed by atoms with Crippen molar-refractivity contribution < 1.29 is 4.79 Å². The summed E-state index contributed by atoms with van der Waals surface area (Å²) in [6, 6.07) is 6.50. The number of likely N-dealkylation sites (tertiary alicyclic amines) is 1. The summed E-state index contributed by atoms with van der Waals surface area (Å²) in [5.41, 5.74) is 2.57. The first-order valence-electron chi connectivity index (χ1n) is 10.2. The Labute approximate surface area is 169 Å². The van der Waals surface area contributed by atoms with Crippen LogP contribution in [0, 0.1) is 5.92 Å². The zero-order chi connectivity index (χ0) is 18.8. The van der Waals surface area contributed by atoms with Crippen LogP contribution in [0.3, 0.4) is 0 Å². The van der Waals surface area contributed by atoms with Gasteiger partial charge in [-0.2, -0.15) is 0 Å². The zero-order valence-corrected chi connectivity index (χ0v) is 17.6. The fourth-order valence-corrected chi connectivity index (χ4v) is 4.97. The number of anilines is 1. The third-order valence-corrected chi connectivity index (χ3v) is 6.61. The number of nitrogens with zero attached hydrogens (tertiary/aromatic N) is 2. The van der Waals surface area contributed by atoms with Crippen molar-refractivity contribution in [1.29, 1.82) is 0 Å². The van der Waals surface area contributed by atoms with Crippen LogP contribution in [0.2, 0.25) is 0 Å². The fourth-order valence-electron chi connectivity index (χ4n) is 4.61. The van der Waals surface area contributed by atoms with E-state index < -0.39 is 0 Å². The average Bonchev–Trinajstić information content (AvgIpc) is 3.16. The van der Waals surface area contributed by atoms with Crippen LogP contribution in [0.5, 0.6) is 0 Å². The highest BCUT2D eigenvalue weighted by Gasteiger charge is 2.25. The number of rotatable bonds is 5. The lowest BCUT2D eigenvalue weighted by atomic mass is 9.85. The second kappa shape index (κ2) is 8.27. The minimum absolute atomic E-state index is 0.0644. The minimum atomic E-state index is 0.0644. The molecule has 0 bridgehead atoms. The molecular weight excluding hydrogens is 402 g/mol. The van der Waals surface area contributed by atoms with Crippen LogP contribution in [0.4, 0.5) is 5.69 Å². The standard InChI is InChI=1S/C22H28BrN3O/c1-15(27)20-13-24-21-9-6-17(23)12-19(21)22(20)25-18-7-4-16(5-8-18)14-26-10-2-3-11-26/h6,9,12-13,16,18H,2-5,7-8,10-11,14H2,1H3,(H,24,25)/t16-,18-. The van der Waals surface area contributed by atoms with Gasteiger partial charge in [0.15, 0.2) is 5.78 Å². The van der Waals surface area contributed by atoms with E-state index in [1.165, 1.54) is 58.2 Å². The van der Waals surface area contributed by atoms with Crippen LogP contribution in [-0.4, -0.2) is 41.3 Å². The number of halogens is 1. The third-order valence-electron chi connectivity index (χ3n) is 6.12. The van der Waals surface area contributed by atoms with Gasteiger partial charge in [-0.15, -0.1) is 0 Å². The molecule has 0 amide bonds. The summed E-state index contributed by atoms with van der Waals surface area (Å²) in [5, 5.41) is 4.74. The molecule has 1 aliphatic heterocycles. The number of aromatic nitrogens is 1. The van der Waals surface area contributed by atoms with Gasteiger partial charge in [0.2, 0.25) is 0 Å². The monoisotopic (exact) mass is 429 g/mol. The van der Waals surface area contributed by atoms with Crippen LogP contribution in [0.25, 0.3) is 10.9 Å². The molecular formula is C22H28BrN3O. The number of ketones is 1. The van der Waals surface area contributed by atoms with E-state index in [-0.39, 0.29) is 5.78 Å². The first kappa shape index (κ1) is 18.9. The second-order valence-corrected chi connectivity index (χ2v) is 9.05. The van der Waals surface area contributed by atoms with E-state index in [0.29, 0.717) is 11.6 Å². The molecule has 2 fully saturated rings. The highest BCUT2D eigenvalue weighted by atomic mass is 79.9. The Kier molecular flexibility index (Phi) is 5.79. The Balaban J connectivity index is 1.49. The first-order chi connectivity index (χ1) is 13.1. The Morgan fingerprint density at radius 1 is 1.22 bits per heavy atom. The van der Waals surface area contributed by atoms with Crippen LogP contribution in [0.1, 0.15) is 55.8 Å². The van der Waals surface area contributed by atoms with Gasteiger partial charge < -0.3 is 10.2 Å². The molecule has 1 saturated carbocycles. The van der Waals surface area contributed by atoms with Gasteiger partial charge in [-0.05, 0) is 82.7 Å². The molecule has 2 aromatic rings. The number of benzene rings is 1. The first-order valence-corrected chi connectivity index (χ1v) is 11.0. The van der Waals surface area contributed by atoms with Crippen molar-refractivity contribution in [2.75, 3.05) is 25.0 Å². The molecule has 144 valence electrons. The smallest absolute Gasteiger partial charge is 0.163 e. The van der Waals surface area contributed by atoms with Crippen molar-refractivity contribution in [3.63, 3.8) is 0 Å². The van der Waals surface area contributed by atoms with Crippen molar-refractivity contribution in [2.24, 2.45) is 5.92 Å². The van der Waals surface area contributed by atoms with Crippen molar-refractivity contribution in [3.8, 4) is 0 Å². The van der Waals surface area contributed by atoms with E-state index in [4.69, 9.17) is 0 Å². The predicted molar refractivity (Wildman–Crippen MR) is 114 cm³/mol. The van der Waals surface area contributed by atoms with Crippen LogP contribution < -0.4 is 5.32 Å². The zero-order valence-electron chi connectivity index (χ0n) is 16.0. The Morgan fingerprint density at radius 2 is 1.96 bits per heavy atom. The molecule has 0 unspecified atom stereocenters. The van der Waals surface area contributed by atoms with E-state index in [0.717, 1.165) is 27.0 Å². The van der Waals surface area contributed by atoms with Crippen LogP contribution in [0.15, 0.2) is 28.9 Å². The van der Waals surface area contributed by atoms with Crippen LogP contribution in [-0.2, 0) is 0 Å². The maximum absolute atomic E-state index is 12.2. The normalized spacial score (nSPS) is 23.6. The van der Waals surface area contributed by atoms with Gasteiger partial charge in [-0.1, -0.05) is 15.9 Å². The number of hydrogen-bond acceptors (Lipinski definition) is 4. The number of pyridine rings is 1. The second-order valence-electron chi connectivity index (χ2n) is 8.13. The Bertz CT molecular complexity index is 824. The lowest BCUT2D eigenvalue weighted by Crippen LogP contribution is -2.33. The molecule has 1 aromatic carbocycles. The maximum atomic E-state index is 12.2. The molecule has 1 aromatic heterocycles. The summed E-state index contributed by atoms with van der Waals surface area (Å²) in [5.74, 6) is 0.895. The van der Waals surface area contributed by atoms with Gasteiger partial charge in [-0.25, -0.2) is 0 Å². The number of nitrogens with one attached hydrogen (secondary N) is 1. The SMILES string of the molecule is CC(=O)c1cnc2ccc(Br)cc2c1N[C@H]1CC[C@H](CN2CCCC2)CC1. The molecule has 5 heteroatoms. The van der Waals surface area contributed by atoms with E-state index in [9.17, 15) is 4.79 Å². The third kappa shape index (κ3) is 4.35. The molecule has 0 atom stereocenters. The minimum Gasteiger partial charge on any atom is -0.381 e. The molecule has 4 rings (SSSR count). The molecule has 0 spiro atoms. The summed E-state index contributed by atoms with van der Waals surface area (Å²) in [6.07, 6.45) is 9.36. The van der Waals surface area contributed by atoms with Crippen molar-refractivity contribution in [2.45, 2.75) is 51.5 Å². The predicted octanol–water partition coefficient (Wildman–Crippen LogP) is 5.27. The average molecular weight is 430 g/mol. The number of fused-ring (bicyclic) bond motifs is 1.